The monoisotopic (exact) mass is 840 g/mol. The van der Waals surface area contributed by atoms with Crippen LogP contribution in [0.3, 0.4) is 0 Å². The Kier molecular flexibility index (Phi) is 9.17. The molecule has 0 aliphatic heterocycles. The maximum Gasteiger partial charge on any atom is 0.164 e. The van der Waals surface area contributed by atoms with Crippen molar-refractivity contribution in [1.29, 1.82) is 26.3 Å². The van der Waals surface area contributed by atoms with Crippen LogP contribution < -0.4 is 0 Å². The molecule has 3 aromatic heterocycles. The normalized spacial score (nSPS) is 11.0. The Morgan fingerprint density at radius 1 is 0.333 bits per heavy atom. The number of rotatable bonds is 6. The Morgan fingerprint density at radius 2 is 0.742 bits per heavy atom. The third kappa shape index (κ3) is 6.26. The first-order valence-corrected chi connectivity index (χ1v) is 20.8. The molecule has 0 radical (unpaired) electrons. The second kappa shape index (κ2) is 15.6. The first-order chi connectivity index (χ1) is 32.5. The molecule has 3 heterocycles. The SMILES string of the molecule is N#Cc1ccc2c(c1)c1cc(C#N)ccc1n2-c1ccc(-c2nc(-c3ccccc3)nc(-c3ccccc3)n2)cc1-c1c(C#N)cccc1-n1c2ccc(C#N)cc2c2cc(C#N)ccc21. The van der Waals surface area contributed by atoms with Gasteiger partial charge in [-0.05, 0) is 103 Å². The summed E-state index contributed by atoms with van der Waals surface area (Å²) in [5, 5.41) is 54.2. The average molecular weight is 841 g/mol. The van der Waals surface area contributed by atoms with E-state index < -0.39 is 0 Å². The van der Waals surface area contributed by atoms with Crippen molar-refractivity contribution >= 4 is 43.6 Å². The summed E-state index contributed by atoms with van der Waals surface area (Å²) < 4.78 is 4.18. The van der Waals surface area contributed by atoms with E-state index in [0.717, 1.165) is 54.7 Å². The Bertz CT molecular complexity index is 3850. The van der Waals surface area contributed by atoms with Crippen molar-refractivity contribution in [2.45, 2.75) is 0 Å². The number of fused-ring (bicyclic) bond motifs is 6. The van der Waals surface area contributed by atoms with Gasteiger partial charge in [-0.2, -0.15) is 26.3 Å². The lowest BCUT2D eigenvalue weighted by Gasteiger charge is -2.20. The highest BCUT2D eigenvalue weighted by Crippen LogP contribution is 2.44. The lowest BCUT2D eigenvalue weighted by Crippen LogP contribution is -2.05. The molecule has 0 saturated heterocycles. The highest BCUT2D eigenvalue weighted by molar-refractivity contribution is 6.12. The fraction of sp³-hybridized carbons (Fsp3) is 0. The summed E-state index contributed by atoms with van der Waals surface area (Å²) in [6.45, 7) is 0. The van der Waals surface area contributed by atoms with Gasteiger partial charge in [0.05, 0.1) is 91.6 Å². The quantitative estimate of drug-likeness (QED) is 0.159. The molecule has 10 nitrogen and oxygen atoms in total. The van der Waals surface area contributed by atoms with E-state index in [9.17, 15) is 26.3 Å². The third-order valence-corrected chi connectivity index (χ3v) is 11.9. The average Bonchev–Trinajstić information content (AvgIpc) is 3.89. The van der Waals surface area contributed by atoms with Crippen LogP contribution in [0.15, 0.2) is 170 Å². The number of hydrogen-bond acceptors (Lipinski definition) is 8. The van der Waals surface area contributed by atoms with E-state index >= 15 is 0 Å². The number of benzene rings is 8. The Morgan fingerprint density at radius 3 is 1.15 bits per heavy atom. The van der Waals surface area contributed by atoms with E-state index in [2.05, 4.69) is 39.5 Å². The second-order valence-corrected chi connectivity index (χ2v) is 15.6. The van der Waals surface area contributed by atoms with Gasteiger partial charge in [0, 0.05) is 49.4 Å². The van der Waals surface area contributed by atoms with Crippen molar-refractivity contribution in [2.24, 2.45) is 0 Å². The number of hydrogen-bond donors (Lipinski definition) is 0. The van der Waals surface area contributed by atoms with Crippen LogP contribution in [0.2, 0.25) is 0 Å². The van der Waals surface area contributed by atoms with Crippen LogP contribution in [-0.4, -0.2) is 24.1 Å². The minimum Gasteiger partial charge on any atom is -0.309 e. The number of nitrogens with zero attached hydrogens (tertiary/aromatic N) is 10. The molecule has 10 heteroatoms. The first kappa shape index (κ1) is 38.7. The fourth-order valence-corrected chi connectivity index (χ4v) is 8.95. The molecule has 302 valence electrons. The predicted molar refractivity (Wildman–Crippen MR) is 254 cm³/mol. The zero-order valence-electron chi connectivity index (χ0n) is 34.6. The number of aromatic nitrogens is 5. The summed E-state index contributed by atoms with van der Waals surface area (Å²) in [5.74, 6) is 1.40. The van der Waals surface area contributed by atoms with Gasteiger partial charge in [-0.3, -0.25) is 0 Å². The molecule has 11 rings (SSSR count). The molecule has 0 fully saturated rings. The van der Waals surface area contributed by atoms with Crippen molar-refractivity contribution < 1.29 is 0 Å². The van der Waals surface area contributed by atoms with Crippen LogP contribution in [0.5, 0.6) is 0 Å². The van der Waals surface area contributed by atoms with Gasteiger partial charge in [0.15, 0.2) is 17.5 Å². The van der Waals surface area contributed by atoms with Gasteiger partial charge >= 0.3 is 0 Å². The van der Waals surface area contributed by atoms with Crippen LogP contribution >= 0.6 is 0 Å². The van der Waals surface area contributed by atoms with Crippen molar-refractivity contribution in [2.75, 3.05) is 0 Å². The molecule has 0 saturated carbocycles. The summed E-state index contributed by atoms with van der Waals surface area (Å²) in [4.78, 5) is 15.1. The smallest absolute Gasteiger partial charge is 0.164 e. The van der Waals surface area contributed by atoms with Gasteiger partial charge in [-0.15, -0.1) is 0 Å². The van der Waals surface area contributed by atoms with Crippen molar-refractivity contribution in [3.8, 4) is 87.0 Å². The Hall–Kier alpha value is -10.2. The Labute approximate surface area is 377 Å². The van der Waals surface area contributed by atoms with Gasteiger partial charge in [0.2, 0.25) is 0 Å². The van der Waals surface area contributed by atoms with Crippen molar-refractivity contribution in [1.82, 2.24) is 24.1 Å². The maximum absolute atomic E-state index is 11.1. The van der Waals surface area contributed by atoms with E-state index in [0.29, 0.717) is 73.4 Å². The van der Waals surface area contributed by atoms with Crippen LogP contribution in [0, 0.1) is 56.7 Å². The van der Waals surface area contributed by atoms with Gasteiger partial charge in [0.1, 0.15) is 0 Å². The topological polar surface area (TPSA) is 167 Å². The first-order valence-electron chi connectivity index (χ1n) is 20.8. The summed E-state index contributed by atoms with van der Waals surface area (Å²) in [6, 6.07) is 64.6. The Balaban J connectivity index is 1.27. The molecule has 0 N–H and O–H groups in total. The molecule has 0 aliphatic rings. The van der Waals surface area contributed by atoms with Crippen LogP contribution in [0.4, 0.5) is 0 Å². The molecule has 0 unspecified atom stereocenters. The molecule has 0 bridgehead atoms. The molecular weight excluding hydrogens is 813 g/mol. The summed E-state index contributed by atoms with van der Waals surface area (Å²) in [6.07, 6.45) is 0. The summed E-state index contributed by atoms with van der Waals surface area (Å²) in [7, 11) is 0. The zero-order chi connectivity index (χ0) is 44.9. The minimum atomic E-state index is 0.382. The van der Waals surface area contributed by atoms with E-state index in [4.69, 9.17) is 15.0 Å². The van der Waals surface area contributed by atoms with Crippen LogP contribution in [0.1, 0.15) is 27.8 Å². The van der Waals surface area contributed by atoms with E-state index in [1.807, 2.05) is 140 Å². The fourth-order valence-electron chi connectivity index (χ4n) is 8.95. The summed E-state index contributed by atoms with van der Waals surface area (Å²) in [5.41, 5.74) is 10.3. The standard InChI is InChI=1S/C56H28N10/c57-29-34-14-19-47-42(24-34)43-25-35(30-58)15-20-48(43)65(47)51-23-18-40(56-63-54(38-8-3-1-4-9-38)62-55(64-56)39-10-5-2-6-11-39)28-46(51)53-41(33-61)12-7-13-52(53)66-49-21-16-36(31-59)26-44(49)45-27-37(32-60)17-22-50(45)66/h1-28H. The molecule has 11 aromatic rings. The van der Waals surface area contributed by atoms with Crippen LogP contribution in [0.25, 0.3) is 100 Å². The molecular formula is C56H28N10. The maximum atomic E-state index is 11.1. The number of nitriles is 5. The largest absolute Gasteiger partial charge is 0.309 e. The predicted octanol–water partition coefficient (Wildman–Crippen LogP) is 12.1. The lowest BCUT2D eigenvalue weighted by molar-refractivity contribution is 1.07. The third-order valence-electron chi connectivity index (χ3n) is 11.9. The van der Waals surface area contributed by atoms with Crippen molar-refractivity contribution in [3.05, 3.63) is 198 Å². The summed E-state index contributed by atoms with van der Waals surface area (Å²) >= 11 is 0. The molecule has 8 aromatic carbocycles. The second-order valence-electron chi connectivity index (χ2n) is 15.6. The van der Waals surface area contributed by atoms with Crippen molar-refractivity contribution in [3.63, 3.8) is 0 Å². The lowest BCUT2D eigenvalue weighted by atomic mass is 9.94. The van der Waals surface area contributed by atoms with E-state index in [1.54, 1.807) is 30.3 Å². The molecule has 0 atom stereocenters. The molecule has 0 aliphatic carbocycles. The van der Waals surface area contributed by atoms with Gasteiger partial charge in [0.25, 0.3) is 0 Å². The van der Waals surface area contributed by atoms with Gasteiger partial charge in [-0.25, -0.2) is 15.0 Å². The van der Waals surface area contributed by atoms with E-state index in [-0.39, 0.29) is 0 Å². The highest BCUT2D eigenvalue weighted by Gasteiger charge is 2.25. The zero-order valence-corrected chi connectivity index (χ0v) is 34.6. The molecule has 66 heavy (non-hydrogen) atoms. The van der Waals surface area contributed by atoms with Gasteiger partial charge < -0.3 is 9.13 Å². The molecule has 0 amide bonds. The molecule has 0 spiro atoms. The van der Waals surface area contributed by atoms with E-state index in [1.165, 1.54) is 0 Å². The minimum absolute atomic E-state index is 0.382. The van der Waals surface area contributed by atoms with Gasteiger partial charge in [-0.1, -0.05) is 66.7 Å². The van der Waals surface area contributed by atoms with Crippen LogP contribution in [-0.2, 0) is 0 Å². The highest BCUT2D eigenvalue weighted by atomic mass is 15.0.